The third kappa shape index (κ3) is 5.23. The van der Waals surface area contributed by atoms with Gasteiger partial charge in [0.25, 0.3) is 5.91 Å². The van der Waals surface area contributed by atoms with Gasteiger partial charge in [0.05, 0.1) is 37.5 Å². The second-order valence-electron chi connectivity index (χ2n) is 7.98. The fourth-order valence-corrected chi connectivity index (χ4v) is 3.93. The van der Waals surface area contributed by atoms with Crippen LogP contribution in [0.15, 0.2) is 53.1 Å². The van der Waals surface area contributed by atoms with Crippen LogP contribution >= 0.6 is 0 Å². The predicted octanol–water partition coefficient (Wildman–Crippen LogP) is 3.91. The summed E-state index contributed by atoms with van der Waals surface area (Å²) in [4.78, 5) is 17.0. The molecule has 1 aromatic heterocycles. The van der Waals surface area contributed by atoms with Crippen LogP contribution in [0.25, 0.3) is 11.3 Å². The number of nitrogens with zero attached hydrogens (tertiary/aromatic N) is 3. The Bertz CT molecular complexity index is 1090. The van der Waals surface area contributed by atoms with E-state index < -0.39 is 11.7 Å². The lowest BCUT2D eigenvalue weighted by molar-refractivity contribution is 0.0675. The van der Waals surface area contributed by atoms with E-state index in [9.17, 15) is 9.18 Å². The Kier molecular flexibility index (Phi) is 7.36. The summed E-state index contributed by atoms with van der Waals surface area (Å²) < 4.78 is 31.0. The second-order valence-corrected chi connectivity index (χ2v) is 7.98. The quantitative estimate of drug-likeness (QED) is 0.515. The van der Waals surface area contributed by atoms with Crippen LogP contribution in [0.1, 0.15) is 21.5 Å². The average Bonchev–Trinajstić information content (AvgIpc) is 3.25. The molecule has 0 unspecified atom stereocenters. The molecule has 2 aromatic carbocycles. The molecule has 1 saturated heterocycles. The Labute approximate surface area is 192 Å². The maximum absolute atomic E-state index is 14.4. The first-order valence-electron chi connectivity index (χ1n) is 11.0. The number of morpholine rings is 1. The zero-order valence-corrected chi connectivity index (χ0v) is 18.9. The Morgan fingerprint density at radius 3 is 2.70 bits per heavy atom. The molecule has 0 aliphatic carbocycles. The zero-order chi connectivity index (χ0) is 23.2. The number of methoxy groups -OCH3 is 1. The molecule has 0 atom stereocenters. The molecular formula is C25H28FN3O4. The molecule has 0 N–H and O–H groups in total. The maximum atomic E-state index is 14.4. The molecule has 174 valence electrons. The van der Waals surface area contributed by atoms with Gasteiger partial charge in [0.1, 0.15) is 11.5 Å². The highest BCUT2D eigenvalue weighted by molar-refractivity contribution is 5.94. The number of amides is 1. The number of anilines is 1. The number of hydrogen-bond acceptors (Lipinski definition) is 6. The fourth-order valence-electron chi connectivity index (χ4n) is 3.93. The highest BCUT2D eigenvalue weighted by Crippen LogP contribution is 2.33. The largest absolute Gasteiger partial charge is 0.383 e. The van der Waals surface area contributed by atoms with Crippen LogP contribution in [-0.2, 0) is 16.0 Å². The summed E-state index contributed by atoms with van der Waals surface area (Å²) in [7, 11) is 1.57. The van der Waals surface area contributed by atoms with Gasteiger partial charge in [0.2, 0.25) is 5.88 Å². The van der Waals surface area contributed by atoms with Gasteiger partial charge in [0.15, 0.2) is 0 Å². The van der Waals surface area contributed by atoms with E-state index in [1.54, 1.807) is 24.1 Å². The monoisotopic (exact) mass is 453 g/mol. The molecule has 1 amide bonds. The van der Waals surface area contributed by atoms with Gasteiger partial charge in [0, 0.05) is 32.3 Å². The van der Waals surface area contributed by atoms with E-state index in [0.29, 0.717) is 51.0 Å². The molecule has 4 rings (SSSR count). The van der Waals surface area contributed by atoms with E-state index in [2.05, 4.69) is 10.1 Å². The number of benzene rings is 2. The van der Waals surface area contributed by atoms with E-state index in [1.807, 2.05) is 31.2 Å². The molecule has 0 bridgehead atoms. The van der Waals surface area contributed by atoms with Crippen molar-refractivity contribution in [3.8, 4) is 11.3 Å². The van der Waals surface area contributed by atoms with Gasteiger partial charge in [-0.2, -0.15) is 0 Å². The molecular weight excluding hydrogens is 425 g/mol. The summed E-state index contributed by atoms with van der Waals surface area (Å²) in [5, 5.41) is 4.38. The van der Waals surface area contributed by atoms with Gasteiger partial charge in [-0.25, -0.2) is 4.39 Å². The average molecular weight is 454 g/mol. The van der Waals surface area contributed by atoms with Crippen molar-refractivity contribution in [2.45, 2.75) is 13.5 Å². The van der Waals surface area contributed by atoms with Crippen LogP contribution in [0.3, 0.4) is 0 Å². The molecule has 2 heterocycles. The van der Waals surface area contributed by atoms with Gasteiger partial charge >= 0.3 is 0 Å². The topological polar surface area (TPSA) is 68.0 Å². The number of hydrogen-bond donors (Lipinski definition) is 0. The lowest BCUT2D eigenvalue weighted by atomic mass is 10.0. The smallest absolute Gasteiger partial charge is 0.257 e. The van der Waals surface area contributed by atoms with Crippen molar-refractivity contribution in [3.05, 3.63) is 71.0 Å². The fraction of sp³-hybridized carbons (Fsp3) is 0.360. The first-order valence-corrected chi connectivity index (χ1v) is 11.0. The van der Waals surface area contributed by atoms with Crippen LogP contribution in [0.4, 0.5) is 10.3 Å². The molecule has 0 saturated carbocycles. The van der Waals surface area contributed by atoms with Crippen molar-refractivity contribution in [2.75, 3.05) is 51.5 Å². The van der Waals surface area contributed by atoms with Gasteiger partial charge in [-0.1, -0.05) is 41.1 Å². The second kappa shape index (κ2) is 10.6. The summed E-state index contributed by atoms with van der Waals surface area (Å²) in [5.74, 6) is -0.351. The third-order valence-corrected chi connectivity index (χ3v) is 5.66. The number of aromatic nitrogens is 1. The number of rotatable bonds is 8. The van der Waals surface area contributed by atoms with E-state index in [0.717, 1.165) is 16.7 Å². The van der Waals surface area contributed by atoms with E-state index in [4.69, 9.17) is 14.0 Å². The lowest BCUT2D eigenvalue weighted by Crippen LogP contribution is -2.38. The summed E-state index contributed by atoms with van der Waals surface area (Å²) in [6.07, 6.45) is 0. The normalized spacial score (nSPS) is 13.8. The molecule has 1 aliphatic rings. The molecule has 1 fully saturated rings. The Hall–Kier alpha value is -3.23. The van der Waals surface area contributed by atoms with Crippen molar-refractivity contribution in [1.29, 1.82) is 0 Å². The van der Waals surface area contributed by atoms with Crippen molar-refractivity contribution in [2.24, 2.45) is 0 Å². The van der Waals surface area contributed by atoms with E-state index >= 15 is 0 Å². The van der Waals surface area contributed by atoms with Crippen LogP contribution in [0, 0.1) is 12.7 Å². The van der Waals surface area contributed by atoms with E-state index in [-0.39, 0.29) is 12.1 Å². The molecule has 8 heteroatoms. The first kappa shape index (κ1) is 22.9. The molecule has 7 nitrogen and oxygen atoms in total. The van der Waals surface area contributed by atoms with Crippen LogP contribution in [-0.4, -0.2) is 62.5 Å². The minimum Gasteiger partial charge on any atom is -0.383 e. The Balaban J connectivity index is 1.74. The number of aryl methyl sites for hydroxylation is 1. The first-order chi connectivity index (χ1) is 16.1. The Morgan fingerprint density at radius 2 is 1.97 bits per heavy atom. The molecule has 0 spiro atoms. The highest BCUT2D eigenvalue weighted by atomic mass is 19.1. The maximum Gasteiger partial charge on any atom is 0.257 e. The number of ether oxygens (including phenoxy) is 2. The molecule has 3 aromatic rings. The molecule has 1 aliphatic heterocycles. The van der Waals surface area contributed by atoms with Gasteiger partial charge < -0.3 is 23.8 Å². The van der Waals surface area contributed by atoms with Crippen LogP contribution in [0.2, 0.25) is 0 Å². The standard InChI is InChI=1S/C25H28FN3O4/c1-18-6-5-7-19(16-18)23-21(25(33-27-23)28-11-14-32-15-12-28)17-29(10-13-31-2)24(30)20-8-3-4-9-22(20)26/h3-9,16H,10-15,17H2,1-2H3. The molecule has 0 radical (unpaired) electrons. The van der Waals surface area contributed by atoms with Gasteiger partial charge in [-0.05, 0) is 25.1 Å². The lowest BCUT2D eigenvalue weighted by Gasteiger charge is -2.28. The summed E-state index contributed by atoms with van der Waals surface area (Å²) in [6.45, 7) is 5.32. The third-order valence-electron chi connectivity index (χ3n) is 5.66. The summed E-state index contributed by atoms with van der Waals surface area (Å²) >= 11 is 0. The number of carbonyl (C=O) groups excluding carboxylic acids is 1. The summed E-state index contributed by atoms with van der Waals surface area (Å²) in [5.41, 5.74) is 3.47. The Morgan fingerprint density at radius 1 is 1.18 bits per heavy atom. The van der Waals surface area contributed by atoms with Crippen LogP contribution in [0.5, 0.6) is 0 Å². The van der Waals surface area contributed by atoms with Crippen molar-refractivity contribution in [1.82, 2.24) is 10.1 Å². The zero-order valence-electron chi connectivity index (χ0n) is 18.9. The van der Waals surface area contributed by atoms with Crippen molar-refractivity contribution in [3.63, 3.8) is 0 Å². The highest BCUT2D eigenvalue weighted by Gasteiger charge is 2.28. The van der Waals surface area contributed by atoms with E-state index in [1.165, 1.54) is 12.1 Å². The van der Waals surface area contributed by atoms with Crippen molar-refractivity contribution < 1.29 is 23.2 Å². The molecule has 33 heavy (non-hydrogen) atoms. The minimum absolute atomic E-state index is 0.0232. The number of carbonyl (C=O) groups is 1. The van der Waals surface area contributed by atoms with Gasteiger partial charge in [-0.15, -0.1) is 0 Å². The predicted molar refractivity (Wildman–Crippen MR) is 123 cm³/mol. The SMILES string of the molecule is COCCN(Cc1c(-c2cccc(C)c2)noc1N1CCOCC1)C(=O)c1ccccc1F. The van der Waals surface area contributed by atoms with Crippen LogP contribution < -0.4 is 4.90 Å². The van der Waals surface area contributed by atoms with Crippen molar-refractivity contribution >= 4 is 11.8 Å². The summed E-state index contributed by atoms with van der Waals surface area (Å²) in [6, 6.07) is 14.0. The van der Waals surface area contributed by atoms with Gasteiger partial charge in [-0.3, -0.25) is 4.79 Å². The minimum atomic E-state index is -0.553. The number of halogens is 1.